The number of nitrogen functional groups attached to an aromatic ring is 1. The van der Waals surface area contributed by atoms with Gasteiger partial charge >= 0.3 is 0 Å². The fourth-order valence-corrected chi connectivity index (χ4v) is 1.32. The number of nitrogens with two attached hydrogens (primary N) is 1. The molecule has 0 aliphatic carbocycles. The van der Waals surface area contributed by atoms with Gasteiger partial charge in [0.25, 0.3) is 0 Å². The molecular formula is C11H16ClNO2. The van der Waals surface area contributed by atoms with Crippen LogP contribution in [0.2, 0.25) is 5.02 Å². The van der Waals surface area contributed by atoms with Crippen molar-refractivity contribution >= 4 is 17.3 Å². The van der Waals surface area contributed by atoms with Crippen LogP contribution in [0.15, 0.2) is 18.2 Å². The summed E-state index contributed by atoms with van der Waals surface area (Å²) in [6.07, 6.45) is 0.857. The van der Waals surface area contributed by atoms with Crippen LogP contribution in [0.4, 0.5) is 5.69 Å². The number of rotatable bonds is 6. The van der Waals surface area contributed by atoms with Crippen molar-refractivity contribution in [3.8, 4) is 5.75 Å². The monoisotopic (exact) mass is 229 g/mol. The van der Waals surface area contributed by atoms with E-state index in [-0.39, 0.29) is 0 Å². The summed E-state index contributed by atoms with van der Waals surface area (Å²) in [7, 11) is 0. The summed E-state index contributed by atoms with van der Waals surface area (Å²) in [5, 5.41) is 0.620. The quantitative estimate of drug-likeness (QED) is 0.603. The normalized spacial score (nSPS) is 10.3. The van der Waals surface area contributed by atoms with Crippen LogP contribution in [0.5, 0.6) is 5.75 Å². The van der Waals surface area contributed by atoms with Crippen molar-refractivity contribution in [3.63, 3.8) is 0 Å². The van der Waals surface area contributed by atoms with Gasteiger partial charge in [0.05, 0.1) is 12.3 Å². The fourth-order valence-electron chi connectivity index (χ4n) is 1.14. The van der Waals surface area contributed by atoms with Crippen molar-refractivity contribution in [2.75, 3.05) is 25.6 Å². The summed E-state index contributed by atoms with van der Waals surface area (Å²) in [5.74, 6) is 0.677. The van der Waals surface area contributed by atoms with Gasteiger partial charge in [-0.3, -0.25) is 0 Å². The SMILES string of the molecule is CCOCCCOc1ccc(Cl)cc1N. The molecule has 0 atom stereocenters. The zero-order chi connectivity index (χ0) is 11.1. The Balaban J connectivity index is 2.31. The Morgan fingerprint density at radius 3 is 2.80 bits per heavy atom. The average Bonchev–Trinajstić information content (AvgIpc) is 2.20. The van der Waals surface area contributed by atoms with Gasteiger partial charge in [-0.2, -0.15) is 0 Å². The minimum Gasteiger partial charge on any atom is -0.491 e. The molecule has 3 nitrogen and oxygen atoms in total. The zero-order valence-corrected chi connectivity index (χ0v) is 9.59. The third-order valence-electron chi connectivity index (χ3n) is 1.87. The summed E-state index contributed by atoms with van der Waals surface area (Å²) < 4.78 is 10.7. The molecule has 0 heterocycles. The van der Waals surface area contributed by atoms with Crippen LogP contribution in [0.25, 0.3) is 0 Å². The van der Waals surface area contributed by atoms with Gasteiger partial charge in [-0.1, -0.05) is 11.6 Å². The largest absolute Gasteiger partial charge is 0.491 e. The number of ether oxygens (including phenoxy) is 2. The number of hydrogen-bond acceptors (Lipinski definition) is 3. The van der Waals surface area contributed by atoms with Crippen LogP contribution in [-0.2, 0) is 4.74 Å². The molecule has 0 amide bonds. The lowest BCUT2D eigenvalue weighted by atomic mass is 10.3. The predicted molar refractivity (Wildman–Crippen MR) is 62.5 cm³/mol. The Labute approximate surface area is 95.1 Å². The molecule has 0 saturated heterocycles. The van der Waals surface area contributed by atoms with Crippen LogP contribution < -0.4 is 10.5 Å². The lowest BCUT2D eigenvalue weighted by Crippen LogP contribution is -2.04. The highest BCUT2D eigenvalue weighted by Crippen LogP contribution is 2.24. The molecule has 0 radical (unpaired) electrons. The van der Waals surface area contributed by atoms with E-state index in [2.05, 4.69) is 0 Å². The van der Waals surface area contributed by atoms with Gasteiger partial charge in [0.15, 0.2) is 0 Å². The van der Waals surface area contributed by atoms with Gasteiger partial charge in [-0.25, -0.2) is 0 Å². The van der Waals surface area contributed by atoms with Gasteiger partial charge in [0, 0.05) is 24.7 Å². The molecule has 0 spiro atoms. The van der Waals surface area contributed by atoms with E-state index in [1.54, 1.807) is 18.2 Å². The molecular weight excluding hydrogens is 214 g/mol. The molecule has 0 fully saturated rings. The van der Waals surface area contributed by atoms with E-state index in [0.29, 0.717) is 29.7 Å². The third kappa shape index (κ3) is 4.40. The van der Waals surface area contributed by atoms with Crippen molar-refractivity contribution in [1.82, 2.24) is 0 Å². The maximum atomic E-state index is 5.76. The highest BCUT2D eigenvalue weighted by molar-refractivity contribution is 6.30. The van der Waals surface area contributed by atoms with Gasteiger partial charge < -0.3 is 15.2 Å². The Morgan fingerprint density at radius 1 is 1.33 bits per heavy atom. The first-order valence-corrected chi connectivity index (χ1v) is 5.37. The molecule has 0 unspecified atom stereocenters. The first kappa shape index (κ1) is 12.1. The highest BCUT2D eigenvalue weighted by atomic mass is 35.5. The Bertz CT molecular complexity index is 305. The molecule has 0 aromatic heterocycles. The second kappa shape index (κ2) is 6.53. The summed E-state index contributed by atoms with van der Waals surface area (Å²) in [6, 6.07) is 5.22. The van der Waals surface area contributed by atoms with Gasteiger partial charge in [-0.15, -0.1) is 0 Å². The van der Waals surface area contributed by atoms with Crippen molar-refractivity contribution in [2.45, 2.75) is 13.3 Å². The molecule has 84 valence electrons. The second-order valence-electron chi connectivity index (χ2n) is 3.08. The minimum atomic E-state index is 0.568. The lowest BCUT2D eigenvalue weighted by molar-refractivity contribution is 0.131. The topological polar surface area (TPSA) is 44.5 Å². The summed E-state index contributed by atoms with van der Waals surface area (Å²) >= 11 is 5.76. The molecule has 1 aromatic rings. The van der Waals surface area contributed by atoms with Crippen LogP contribution in [0.1, 0.15) is 13.3 Å². The van der Waals surface area contributed by atoms with Crippen LogP contribution in [0.3, 0.4) is 0 Å². The van der Waals surface area contributed by atoms with E-state index in [9.17, 15) is 0 Å². The van der Waals surface area contributed by atoms with E-state index in [1.165, 1.54) is 0 Å². The fraction of sp³-hybridized carbons (Fsp3) is 0.455. The number of anilines is 1. The first-order chi connectivity index (χ1) is 7.24. The minimum absolute atomic E-state index is 0.568. The van der Waals surface area contributed by atoms with E-state index >= 15 is 0 Å². The van der Waals surface area contributed by atoms with Crippen molar-refractivity contribution in [1.29, 1.82) is 0 Å². The molecule has 4 heteroatoms. The summed E-state index contributed by atoms with van der Waals surface area (Å²) in [6.45, 7) is 4.02. The number of hydrogen-bond donors (Lipinski definition) is 1. The van der Waals surface area contributed by atoms with Gasteiger partial charge in [-0.05, 0) is 25.1 Å². The first-order valence-electron chi connectivity index (χ1n) is 4.99. The number of halogens is 1. The molecule has 15 heavy (non-hydrogen) atoms. The van der Waals surface area contributed by atoms with Gasteiger partial charge in [0.2, 0.25) is 0 Å². The molecule has 0 aliphatic heterocycles. The predicted octanol–water partition coefficient (Wildman–Crippen LogP) is 2.73. The van der Waals surface area contributed by atoms with Crippen molar-refractivity contribution in [3.05, 3.63) is 23.2 Å². The molecule has 1 aromatic carbocycles. The molecule has 2 N–H and O–H groups in total. The van der Waals surface area contributed by atoms with Crippen LogP contribution >= 0.6 is 11.6 Å². The zero-order valence-electron chi connectivity index (χ0n) is 8.83. The van der Waals surface area contributed by atoms with Crippen molar-refractivity contribution < 1.29 is 9.47 Å². The summed E-state index contributed by atoms with van der Waals surface area (Å²) in [4.78, 5) is 0. The van der Waals surface area contributed by atoms with E-state index in [4.69, 9.17) is 26.8 Å². The standard InChI is InChI=1S/C11H16ClNO2/c1-2-14-6-3-7-15-11-5-4-9(12)8-10(11)13/h4-5,8H,2-3,6-7,13H2,1H3. The molecule has 1 rings (SSSR count). The molecule has 0 aliphatic rings. The van der Waals surface area contributed by atoms with Crippen LogP contribution in [-0.4, -0.2) is 19.8 Å². The summed E-state index contributed by atoms with van der Waals surface area (Å²) in [5.41, 5.74) is 6.29. The maximum absolute atomic E-state index is 5.76. The number of benzene rings is 1. The van der Waals surface area contributed by atoms with E-state index in [0.717, 1.165) is 13.0 Å². The Morgan fingerprint density at radius 2 is 2.13 bits per heavy atom. The smallest absolute Gasteiger partial charge is 0.142 e. The average molecular weight is 230 g/mol. The van der Waals surface area contributed by atoms with E-state index in [1.807, 2.05) is 6.92 Å². The van der Waals surface area contributed by atoms with Crippen LogP contribution in [0, 0.1) is 0 Å². The van der Waals surface area contributed by atoms with Gasteiger partial charge in [0.1, 0.15) is 5.75 Å². The van der Waals surface area contributed by atoms with Crippen molar-refractivity contribution in [2.24, 2.45) is 0 Å². The second-order valence-corrected chi connectivity index (χ2v) is 3.52. The third-order valence-corrected chi connectivity index (χ3v) is 2.10. The Kier molecular flexibility index (Phi) is 5.29. The maximum Gasteiger partial charge on any atom is 0.142 e. The lowest BCUT2D eigenvalue weighted by Gasteiger charge is -2.08. The molecule has 0 saturated carbocycles. The van der Waals surface area contributed by atoms with E-state index < -0.39 is 0 Å². The Hall–Kier alpha value is -0.930. The highest BCUT2D eigenvalue weighted by Gasteiger charge is 2.00. The molecule has 0 bridgehead atoms.